The maximum Gasteiger partial charge on any atom is 0.191 e. The molecule has 0 radical (unpaired) electrons. The minimum absolute atomic E-state index is 0.172. The molecule has 140 valence electrons. The van der Waals surface area contributed by atoms with Crippen molar-refractivity contribution in [1.29, 1.82) is 0 Å². The van der Waals surface area contributed by atoms with Crippen LogP contribution in [-0.4, -0.2) is 56.8 Å². The lowest BCUT2D eigenvalue weighted by molar-refractivity contribution is 0.0320. The number of ether oxygens (including phenoxy) is 1. The largest absolute Gasteiger partial charge is 0.379 e. The van der Waals surface area contributed by atoms with Crippen molar-refractivity contribution in [3.63, 3.8) is 0 Å². The van der Waals surface area contributed by atoms with Crippen LogP contribution >= 0.6 is 0 Å². The van der Waals surface area contributed by atoms with Gasteiger partial charge in [0.1, 0.15) is 5.82 Å². The number of nitrogens with one attached hydrogen (secondary N) is 2. The molecular formula is C19H31FN4O. The van der Waals surface area contributed by atoms with Gasteiger partial charge in [0.2, 0.25) is 0 Å². The van der Waals surface area contributed by atoms with Gasteiger partial charge in [-0.3, -0.25) is 4.90 Å². The van der Waals surface area contributed by atoms with Crippen molar-refractivity contribution in [2.24, 2.45) is 10.9 Å². The van der Waals surface area contributed by atoms with Crippen LogP contribution in [0.5, 0.6) is 0 Å². The van der Waals surface area contributed by atoms with E-state index >= 15 is 0 Å². The van der Waals surface area contributed by atoms with Crippen molar-refractivity contribution >= 4 is 5.96 Å². The molecule has 1 heterocycles. The third kappa shape index (κ3) is 7.00. The molecular weight excluding hydrogens is 319 g/mol. The highest BCUT2D eigenvalue weighted by Gasteiger charge is 2.13. The maximum atomic E-state index is 13.3. The Kier molecular flexibility index (Phi) is 8.15. The molecule has 0 aromatic heterocycles. The molecule has 0 amide bonds. The zero-order chi connectivity index (χ0) is 18.1. The number of nitrogens with zero attached hydrogens (tertiary/aromatic N) is 2. The molecule has 1 aromatic rings. The molecule has 1 saturated heterocycles. The van der Waals surface area contributed by atoms with Crippen LogP contribution < -0.4 is 10.6 Å². The summed E-state index contributed by atoms with van der Waals surface area (Å²) in [7, 11) is 0. The molecule has 0 bridgehead atoms. The van der Waals surface area contributed by atoms with Gasteiger partial charge in [0.15, 0.2) is 5.96 Å². The first-order valence-electron chi connectivity index (χ1n) is 9.15. The van der Waals surface area contributed by atoms with Gasteiger partial charge >= 0.3 is 0 Å². The second kappa shape index (κ2) is 10.4. The van der Waals surface area contributed by atoms with Crippen LogP contribution in [0.2, 0.25) is 0 Å². The molecule has 0 saturated carbocycles. The summed E-state index contributed by atoms with van der Waals surface area (Å²) in [6, 6.07) is 5.14. The lowest BCUT2D eigenvalue weighted by Crippen LogP contribution is -2.44. The summed E-state index contributed by atoms with van der Waals surface area (Å²) in [5.74, 6) is 1.16. The fourth-order valence-corrected chi connectivity index (χ4v) is 2.88. The lowest BCUT2D eigenvalue weighted by Gasteiger charge is -2.29. The highest BCUT2D eigenvalue weighted by atomic mass is 19.1. The van der Waals surface area contributed by atoms with Gasteiger partial charge in [-0.15, -0.1) is 0 Å². The number of hydrogen-bond acceptors (Lipinski definition) is 3. The normalized spacial score (nSPS) is 17.4. The van der Waals surface area contributed by atoms with Crippen LogP contribution in [-0.2, 0) is 11.3 Å². The minimum atomic E-state index is -0.172. The molecule has 25 heavy (non-hydrogen) atoms. The van der Waals surface area contributed by atoms with E-state index in [0.717, 1.165) is 57.5 Å². The molecule has 0 spiro atoms. The van der Waals surface area contributed by atoms with Gasteiger partial charge in [0.25, 0.3) is 0 Å². The van der Waals surface area contributed by atoms with E-state index in [2.05, 4.69) is 34.4 Å². The van der Waals surface area contributed by atoms with E-state index in [1.165, 1.54) is 6.07 Å². The fourth-order valence-electron chi connectivity index (χ4n) is 2.88. The van der Waals surface area contributed by atoms with E-state index in [4.69, 9.17) is 4.74 Å². The zero-order valence-electron chi connectivity index (χ0n) is 15.6. The number of rotatable bonds is 7. The summed E-state index contributed by atoms with van der Waals surface area (Å²) in [6.07, 6.45) is 0. The van der Waals surface area contributed by atoms with E-state index in [1.54, 1.807) is 13.0 Å². The number of aliphatic imine (C=N–C) groups is 1. The van der Waals surface area contributed by atoms with Crippen LogP contribution in [0.1, 0.15) is 25.0 Å². The molecule has 6 heteroatoms. The van der Waals surface area contributed by atoms with Gasteiger partial charge in [-0.1, -0.05) is 19.1 Å². The summed E-state index contributed by atoms with van der Waals surface area (Å²) in [6.45, 7) is 13.1. The summed E-state index contributed by atoms with van der Waals surface area (Å²) in [5.41, 5.74) is 1.67. The van der Waals surface area contributed by atoms with E-state index in [9.17, 15) is 4.39 Å². The number of benzene rings is 1. The topological polar surface area (TPSA) is 48.9 Å². The van der Waals surface area contributed by atoms with Crippen LogP contribution in [0.4, 0.5) is 4.39 Å². The molecule has 2 N–H and O–H groups in total. The van der Waals surface area contributed by atoms with Gasteiger partial charge < -0.3 is 15.4 Å². The average Bonchev–Trinajstić information content (AvgIpc) is 2.61. The Morgan fingerprint density at radius 3 is 2.76 bits per heavy atom. The Morgan fingerprint density at radius 1 is 1.32 bits per heavy atom. The first kappa shape index (κ1) is 19.7. The molecule has 1 fully saturated rings. The smallest absolute Gasteiger partial charge is 0.191 e. The third-order valence-corrected chi connectivity index (χ3v) is 4.28. The predicted octanol–water partition coefficient (Wildman–Crippen LogP) is 2.16. The van der Waals surface area contributed by atoms with Gasteiger partial charge in [-0.2, -0.15) is 0 Å². The van der Waals surface area contributed by atoms with Crippen molar-refractivity contribution < 1.29 is 9.13 Å². The van der Waals surface area contributed by atoms with Crippen LogP contribution in [0.25, 0.3) is 0 Å². The molecule has 1 aliphatic rings. The van der Waals surface area contributed by atoms with Gasteiger partial charge in [-0.05, 0) is 37.0 Å². The summed E-state index contributed by atoms with van der Waals surface area (Å²) in [5, 5.41) is 6.68. The Labute approximate surface area is 150 Å². The molecule has 1 aliphatic heterocycles. The number of hydrogen-bond donors (Lipinski definition) is 2. The molecule has 1 unspecified atom stereocenters. The van der Waals surface area contributed by atoms with Crippen molar-refractivity contribution in [1.82, 2.24) is 15.5 Å². The Morgan fingerprint density at radius 2 is 2.08 bits per heavy atom. The Bertz CT molecular complexity index is 558. The number of halogens is 1. The van der Waals surface area contributed by atoms with E-state index in [0.29, 0.717) is 18.0 Å². The van der Waals surface area contributed by atoms with E-state index < -0.39 is 0 Å². The van der Waals surface area contributed by atoms with Crippen LogP contribution in [0.15, 0.2) is 23.2 Å². The monoisotopic (exact) mass is 350 g/mol. The third-order valence-electron chi connectivity index (χ3n) is 4.28. The van der Waals surface area contributed by atoms with Crippen LogP contribution in [0.3, 0.4) is 0 Å². The first-order valence-corrected chi connectivity index (χ1v) is 9.15. The van der Waals surface area contributed by atoms with Crippen LogP contribution in [0, 0.1) is 18.7 Å². The quantitative estimate of drug-likeness (QED) is 0.584. The highest BCUT2D eigenvalue weighted by molar-refractivity contribution is 5.79. The first-order chi connectivity index (χ1) is 12.1. The lowest BCUT2D eigenvalue weighted by atomic mass is 10.1. The SMILES string of the molecule is CCNC(=NCc1ccc(F)c(C)c1)NCC(C)CN1CCOCC1. The second-order valence-electron chi connectivity index (χ2n) is 6.68. The summed E-state index contributed by atoms with van der Waals surface area (Å²) in [4.78, 5) is 7.06. The summed E-state index contributed by atoms with van der Waals surface area (Å²) >= 11 is 0. The predicted molar refractivity (Wildman–Crippen MR) is 100 cm³/mol. The molecule has 1 atom stereocenters. The van der Waals surface area contributed by atoms with E-state index in [-0.39, 0.29) is 5.82 Å². The van der Waals surface area contributed by atoms with Crippen molar-refractivity contribution in [2.45, 2.75) is 27.3 Å². The average molecular weight is 350 g/mol. The maximum absolute atomic E-state index is 13.3. The molecule has 5 nitrogen and oxygen atoms in total. The van der Waals surface area contributed by atoms with Gasteiger partial charge in [0, 0.05) is 32.7 Å². The fraction of sp³-hybridized carbons (Fsp3) is 0.632. The van der Waals surface area contributed by atoms with Crippen molar-refractivity contribution in [3.8, 4) is 0 Å². The highest BCUT2D eigenvalue weighted by Crippen LogP contribution is 2.10. The second-order valence-corrected chi connectivity index (χ2v) is 6.68. The van der Waals surface area contributed by atoms with Gasteiger partial charge in [-0.25, -0.2) is 9.38 Å². The number of guanidine groups is 1. The Hall–Kier alpha value is -1.66. The summed E-state index contributed by atoms with van der Waals surface area (Å²) < 4.78 is 18.7. The molecule has 1 aromatic carbocycles. The van der Waals surface area contributed by atoms with E-state index in [1.807, 2.05) is 6.07 Å². The zero-order valence-corrected chi connectivity index (χ0v) is 15.6. The number of aryl methyl sites for hydroxylation is 1. The standard InChI is InChI=1S/C19H31FN4O/c1-4-21-19(23-13-17-5-6-18(20)16(3)11-17)22-12-15(2)14-24-7-9-25-10-8-24/h5-6,11,15H,4,7-10,12-14H2,1-3H3,(H2,21,22,23). The Balaban J connectivity index is 1.82. The van der Waals surface area contributed by atoms with Crippen molar-refractivity contribution in [2.75, 3.05) is 45.9 Å². The van der Waals surface area contributed by atoms with Gasteiger partial charge in [0.05, 0.1) is 19.8 Å². The van der Waals surface area contributed by atoms with Crippen molar-refractivity contribution in [3.05, 3.63) is 35.1 Å². The minimum Gasteiger partial charge on any atom is -0.379 e. The molecule has 2 rings (SSSR count). The molecule has 0 aliphatic carbocycles. The number of morpholine rings is 1.